The third kappa shape index (κ3) is 4.31. The summed E-state index contributed by atoms with van der Waals surface area (Å²) in [4.78, 5) is 12.8. The van der Waals surface area contributed by atoms with Gasteiger partial charge in [-0.3, -0.25) is 4.79 Å². The van der Waals surface area contributed by atoms with Gasteiger partial charge in [-0.25, -0.2) is 4.68 Å². The van der Waals surface area contributed by atoms with Gasteiger partial charge in [0.1, 0.15) is 0 Å². The van der Waals surface area contributed by atoms with E-state index in [1.54, 1.807) is 23.0 Å². The van der Waals surface area contributed by atoms with Gasteiger partial charge >= 0.3 is 0 Å². The number of carbonyl (C=O) groups is 1. The molecule has 1 atom stereocenters. The van der Waals surface area contributed by atoms with Crippen molar-refractivity contribution in [2.45, 2.75) is 32.7 Å². The van der Waals surface area contributed by atoms with Crippen molar-refractivity contribution in [2.75, 3.05) is 7.11 Å². The number of methoxy groups -OCH3 is 1. The molecule has 0 fully saturated rings. The van der Waals surface area contributed by atoms with Gasteiger partial charge in [0.15, 0.2) is 5.82 Å². The van der Waals surface area contributed by atoms with Crippen molar-refractivity contribution in [3.8, 4) is 11.7 Å². The maximum Gasteiger partial charge on any atom is 0.254 e. The topological polar surface area (TPSA) is 81.9 Å². The molecule has 1 N–H and O–H groups in total. The molecule has 1 aromatic carbocycles. The lowest BCUT2D eigenvalue weighted by Crippen LogP contribution is -2.34. The number of nitrogens with zero attached hydrogens (tertiary/aromatic N) is 4. The summed E-state index contributed by atoms with van der Waals surface area (Å²) in [5, 5.41) is 16.1. The molecule has 0 radical (unpaired) electrons. The first-order valence-electron chi connectivity index (χ1n) is 9.02. The van der Waals surface area contributed by atoms with E-state index >= 15 is 0 Å². The monoisotopic (exact) mass is 399 g/mol. The Morgan fingerprint density at radius 3 is 2.68 bits per heavy atom. The van der Waals surface area contributed by atoms with Gasteiger partial charge in [-0.05, 0) is 37.5 Å². The zero-order valence-electron chi connectivity index (χ0n) is 16.0. The lowest BCUT2D eigenvalue weighted by Gasteiger charge is -2.15. The number of benzene rings is 1. The average molecular weight is 400 g/mol. The normalized spacial score (nSPS) is 11.9. The second-order valence-electron chi connectivity index (χ2n) is 6.37. The summed E-state index contributed by atoms with van der Waals surface area (Å²) < 4.78 is 6.65. The molecular formula is C20H22ClN5O2. The highest BCUT2D eigenvalue weighted by Gasteiger charge is 2.20. The van der Waals surface area contributed by atoms with Crippen LogP contribution in [-0.4, -0.2) is 39.0 Å². The maximum absolute atomic E-state index is 12.8. The minimum absolute atomic E-state index is 0.0822. The highest BCUT2D eigenvalue weighted by molar-refractivity contribution is 6.31. The van der Waals surface area contributed by atoms with E-state index in [0.29, 0.717) is 35.1 Å². The van der Waals surface area contributed by atoms with Crippen LogP contribution in [0.5, 0.6) is 5.88 Å². The molecule has 0 aliphatic rings. The van der Waals surface area contributed by atoms with E-state index in [9.17, 15) is 4.79 Å². The zero-order valence-corrected chi connectivity index (χ0v) is 16.8. The SMILES string of the molecule is CCc1c(C(=O)N[C@H](C)Cc2ccccc2Cl)cnn1-c1ccc(OC)nn1. The first-order chi connectivity index (χ1) is 13.5. The summed E-state index contributed by atoms with van der Waals surface area (Å²) in [6.07, 6.45) is 2.82. The van der Waals surface area contributed by atoms with Crippen LogP contribution in [0.3, 0.4) is 0 Å². The Bertz CT molecular complexity index is 955. The summed E-state index contributed by atoms with van der Waals surface area (Å²) in [7, 11) is 1.53. The predicted octanol–water partition coefficient (Wildman–Crippen LogP) is 3.25. The van der Waals surface area contributed by atoms with E-state index in [2.05, 4.69) is 20.6 Å². The van der Waals surface area contributed by atoms with Crippen molar-refractivity contribution in [3.63, 3.8) is 0 Å². The van der Waals surface area contributed by atoms with Gasteiger partial charge in [0.05, 0.1) is 24.6 Å². The third-order valence-corrected chi connectivity index (χ3v) is 4.73. The molecule has 0 bridgehead atoms. The first-order valence-corrected chi connectivity index (χ1v) is 9.40. The Hall–Kier alpha value is -2.93. The second-order valence-corrected chi connectivity index (χ2v) is 6.78. The van der Waals surface area contributed by atoms with Gasteiger partial charge in [0.25, 0.3) is 5.91 Å². The minimum Gasteiger partial charge on any atom is -0.480 e. The molecule has 0 aliphatic carbocycles. The molecule has 0 saturated heterocycles. The molecular weight excluding hydrogens is 378 g/mol. The molecule has 2 heterocycles. The Kier molecular flexibility index (Phi) is 6.26. The number of nitrogens with one attached hydrogen (secondary N) is 1. The van der Waals surface area contributed by atoms with Crippen LogP contribution >= 0.6 is 11.6 Å². The number of hydrogen-bond acceptors (Lipinski definition) is 5. The fraction of sp³-hybridized carbons (Fsp3) is 0.300. The van der Waals surface area contributed by atoms with Crippen LogP contribution in [-0.2, 0) is 12.8 Å². The fourth-order valence-electron chi connectivity index (χ4n) is 2.98. The van der Waals surface area contributed by atoms with Gasteiger partial charge in [-0.15, -0.1) is 10.2 Å². The van der Waals surface area contributed by atoms with E-state index in [0.717, 1.165) is 11.3 Å². The van der Waals surface area contributed by atoms with E-state index in [1.807, 2.05) is 38.1 Å². The molecule has 0 aliphatic heterocycles. The average Bonchev–Trinajstić information content (AvgIpc) is 3.14. The summed E-state index contributed by atoms with van der Waals surface area (Å²) in [6.45, 7) is 3.92. The van der Waals surface area contributed by atoms with Crippen molar-refractivity contribution < 1.29 is 9.53 Å². The molecule has 3 aromatic rings. The largest absolute Gasteiger partial charge is 0.480 e. The second kappa shape index (κ2) is 8.84. The van der Waals surface area contributed by atoms with Gasteiger partial charge in [-0.2, -0.15) is 5.10 Å². The van der Waals surface area contributed by atoms with Crippen LogP contribution in [0.15, 0.2) is 42.6 Å². The predicted molar refractivity (Wildman–Crippen MR) is 107 cm³/mol. The fourth-order valence-corrected chi connectivity index (χ4v) is 3.20. The van der Waals surface area contributed by atoms with E-state index in [1.165, 1.54) is 7.11 Å². The number of aromatic nitrogens is 4. The van der Waals surface area contributed by atoms with Crippen molar-refractivity contribution in [3.05, 3.63) is 64.4 Å². The Labute approximate surface area is 168 Å². The van der Waals surface area contributed by atoms with E-state index < -0.39 is 0 Å². The van der Waals surface area contributed by atoms with Crippen molar-refractivity contribution in [2.24, 2.45) is 0 Å². The Morgan fingerprint density at radius 2 is 2.04 bits per heavy atom. The van der Waals surface area contributed by atoms with Crippen LogP contribution in [0, 0.1) is 0 Å². The van der Waals surface area contributed by atoms with Gasteiger partial charge in [0.2, 0.25) is 5.88 Å². The molecule has 1 amide bonds. The Balaban J connectivity index is 1.76. The maximum atomic E-state index is 12.8. The highest BCUT2D eigenvalue weighted by atomic mass is 35.5. The summed E-state index contributed by atoms with van der Waals surface area (Å²) in [6, 6.07) is 11.0. The number of hydrogen-bond donors (Lipinski definition) is 1. The molecule has 146 valence electrons. The number of amides is 1. The highest BCUT2D eigenvalue weighted by Crippen LogP contribution is 2.18. The van der Waals surface area contributed by atoms with E-state index in [4.69, 9.17) is 16.3 Å². The van der Waals surface area contributed by atoms with Gasteiger partial charge in [-0.1, -0.05) is 36.7 Å². The van der Waals surface area contributed by atoms with Crippen LogP contribution in [0.25, 0.3) is 5.82 Å². The number of carbonyl (C=O) groups excluding carboxylic acids is 1. The molecule has 8 heteroatoms. The molecule has 2 aromatic heterocycles. The van der Waals surface area contributed by atoms with Gasteiger partial charge < -0.3 is 10.1 Å². The smallest absolute Gasteiger partial charge is 0.254 e. The third-order valence-electron chi connectivity index (χ3n) is 4.36. The summed E-state index contributed by atoms with van der Waals surface area (Å²) >= 11 is 6.21. The lowest BCUT2D eigenvalue weighted by molar-refractivity contribution is 0.0939. The minimum atomic E-state index is -0.177. The van der Waals surface area contributed by atoms with Crippen molar-refractivity contribution in [1.82, 2.24) is 25.3 Å². The standard InChI is InChI=1S/C20H22ClN5O2/c1-4-17-15(12-22-26(17)18-9-10-19(28-3)25-24-18)20(27)23-13(2)11-14-7-5-6-8-16(14)21/h5-10,12-13H,4,11H2,1-3H3,(H,23,27)/t13-/m1/s1. The molecule has 0 unspecified atom stereocenters. The quantitative estimate of drug-likeness (QED) is 0.659. The summed E-state index contributed by atoms with van der Waals surface area (Å²) in [5.74, 6) is 0.769. The zero-order chi connectivity index (χ0) is 20.1. The van der Waals surface area contributed by atoms with Crippen LogP contribution < -0.4 is 10.1 Å². The van der Waals surface area contributed by atoms with Crippen LogP contribution in [0.1, 0.15) is 35.5 Å². The number of rotatable bonds is 7. The summed E-state index contributed by atoms with van der Waals surface area (Å²) in [5.41, 5.74) is 2.28. The number of halogens is 1. The van der Waals surface area contributed by atoms with Crippen molar-refractivity contribution >= 4 is 17.5 Å². The lowest BCUT2D eigenvalue weighted by atomic mass is 10.1. The first kappa shape index (κ1) is 19.8. The number of ether oxygens (including phenoxy) is 1. The molecule has 28 heavy (non-hydrogen) atoms. The van der Waals surface area contributed by atoms with Crippen LogP contribution in [0.4, 0.5) is 0 Å². The van der Waals surface area contributed by atoms with Crippen LogP contribution in [0.2, 0.25) is 5.02 Å². The molecule has 3 rings (SSSR count). The van der Waals surface area contributed by atoms with Crippen molar-refractivity contribution in [1.29, 1.82) is 0 Å². The molecule has 0 saturated carbocycles. The van der Waals surface area contributed by atoms with E-state index in [-0.39, 0.29) is 11.9 Å². The van der Waals surface area contributed by atoms with Gasteiger partial charge in [0, 0.05) is 17.1 Å². The molecule has 0 spiro atoms. The Morgan fingerprint density at radius 1 is 1.25 bits per heavy atom. The molecule has 7 nitrogen and oxygen atoms in total.